The Morgan fingerprint density at radius 3 is 2.79 bits per heavy atom. The number of pyridine rings is 1. The minimum atomic E-state index is 0.853. The minimum absolute atomic E-state index is 0.853. The van der Waals surface area contributed by atoms with Crippen LogP contribution in [0.1, 0.15) is 16.8 Å². The third-order valence-electron chi connectivity index (χ3n) is 4.08. The quantitative estimate of drug-likeness (QED) is 0.811. The maximum Gasteiger partial charge on any atom is 0.129 e. The molecule has 104 valence electrons. The van der Waals surface area contributed by atoms with Gasteiger partial charge in [0.1, 0.15) is 5.82 Å². The van der Waals surface area contributed by atoms with Crippen LogP contribution in [0, 0.1) is 0 Å². The lowest BCUT2D eigenvalue weighted by atomic mass is 10.1. The number of anilines is 1. The zero-order valence-corrected chi connectivity index (χ0v) is 11.9. The van der Waals surface area contributed by atoms with Crippen molar-refractivity contribution in [2.75, 3.05) is 45.2 Å². The van der Waals surface area contributed by atoms with Crippen molar-refractivity contribution in [1.82, 2.24) is 20.5 Å². The van der Waals surface area contributed by atoms with Gasteiger partial charge in [-0.25, -0.2) is 4.98 Å². The largest absolute Gasteiger partial charge is 0.354 e. The number of piperazine rings is 1. The van der Waals surface area contributed by atoms with Crippen LogP contribution in [0.25, 0.3) is 0 Å². The van der Waals surface area contributed by atoms with Crippen LogP contribution in [-0.4, -0.2) is 50.2 Å². The monoisotopic (exact) mass is 261 g/mol. The fraction of sp³-hybridized carbons (Fsp3) is 0.643. The summed E-state index contributed by atoms with van der Waals surface area (Å²) in [7, 11) is 4.17. The molecule has 0 radical (unpaired) electrons. The molecule has 0 unspecified atom stereocenters. The minimum Gasteiger partial charge on any atom is -0.354 e. The third-order valence-corrected chi connectivity index (χ3v) is 4.08. The van der Waals surface area contributed by atoms with Crippen LogP contribution < -0.4 is 15.5 Å². The van der Waals surface area contributed by atoms with E-state index in [1.165, 1.54) is 16.8 Å². The first-order chi connectivity index (χ1) is 9.28. The van der Waals surface area contributed by atoms with Gasteiger partial charge in [-0.3, -0.25) is 0 Å². The Kier molecular flexibility index (Phi) is 3.68. The van der Waals surface area contributed by atoms with Crippen LogP contribution in [0.3, 0.4) is 0 Å². The van der Waals surface area contributed by atoms with Crippen LogP contribution in [0.5, 0.6) is 0 Å². The summed E-state index contributed by atoms with van der Waals surface area (Å²) >= 11 is 0. The summed E-state index contributed by atoms with van der Waals surface area (Å²) in [6.45, 7) is 7.20. The first-order valence-electron chi connectivity index (χ1n) is 7.08. The van der Waals surface area contributed by atoms with Gasteiger partial charge >= 0.3 is 0 Å². The van der Waals surface area contributed by atoms with E-state index in [0.29, 0.717) is 0 Å². The third kappa shape index (κ3) is 2.59. The van der Waals surface area contributed by atoms with Gasteiger partial charge in [-0.1, -0.05) is 0 Å². The fourth-order valence-electron chi connectivity index (χ4n) is 2.87. The first kappa shape index (κ1) is 12.8. The van der Waals surface area contributed by atoms with Crippen molar-refractivity contribution in [3.8, 4) is 0 Å². The zero-order chi connectivity index (χ0) is 13.2. The Balaban J connectivity index is 1.87. The summed E-state index contributed by atoms with van der Waals surface area (Å²) in [6.07, 6.45) is 0. The fourth-order valence-corrected chi connectivity index (χ4v) is 2.87. The molecule has 0 aromatic carbocycles. The number of nitrogens with one attached hydrogen (secondary N) is 2. The number of nitrogens with zero attached hydrogens (tertiary/aromatic N) is 3. The molecule has 1 fully saturated rings. The molecule has 0 aliphatic carbocycles. The molecule has 3 heterocycles. The number of fused-ring (bicyclic) bond motifs is 1. The van der Waals surface area contributed by atoms with E-state index in [2.05, 4.69) is 33.5 Å². The van der Waals surface area contributed by atoms with Crippen LogP contribution in [0.2, 0.25) is 0 Å². The highest BCUT2D eigenvalue weighted by atomic mass is 15.3. The van der Waals surface area contributed by atoms with Crippen molar-refractivity contribution in [2.45, 2.75) is 19.6 Å². The topological polar surface area (TPSA) is 43.4 Å². The van der Waals surface area contributed by atoms with Gasteiger partial charge in [-0.05, 0) is 31.3 Å². The van der Waals surface area contributed by atoms with E-state index < -0.39 is 0 Å². The van der Waals surface area contributed by atoms with Crippen LogP contribution >= 0.6 is 0 Å². The summed E-state index contributed by atoms with van der Waals surface area (Å²) in [5, 5.41) is 6.66. The Morgan fingerprint density at radius 2 is 2.05 bits per heavy atom. The average Bonchev–Trinajstić information content (AvgIpc) is 2.88. The normalized spacial score (nSPS) is 19.8. The molecule has 5 nitrogen and oxygen atoms in total. The molecular formula is C14H23N5. The second-order valence-corrected chi connectivity index (χ2v) is 5.49. The summed E-state index contributed by atoms with van der Waals surface area (Å²) in [5.41, 5.74) is 4.03. The van der Waals surface area contributed by atoms with Gasteiger partial charge in [0.25, 0.3) is 0 Å². The summed E-state index contributed by atoms with van der Waals surface area (Å²) in [6, 6.07) is 2.28. The molecular weight excluding hydrogens is 238 g/mol. The molecule has 2 aliphatic rings. The van der Waals surface area contributed by atoms with Crippen molar-refractivity contribution >= 4 is 5.82 Å². The zero-order valence-electron chi connectivity index (χ0n) is 11.9. The van der Waals surface area contributed by atoms with Gasteiger partial charge < -0.3 is 20.4 Å². The van der Waals surface area contributed by atoms with E-state index >= 15 is 0 Å². The van der Waals surface area contributed by atoms with E-state index in [1.54, 1.807) is 0 Å². The summed E-state index contributed by atoms with van der Waals surface area (Å²) < 4.78 is 0. The van der Waals surface area contributed by atoms with Crippen LogP contribution in [0.15, 0.2) is 6.07 Å². The van der Waals surface area contributed by atoms with Crippen molar-refractivity contribution in [3.05, 3.63) is 22.9 Å². The molecule has 5 heteroatoms. The van der Waals surface area contributed by atoms with Gasteiger partial charge in [0.05, 0.1) is 5.69 Å². The maximum absolute atomic E-state index is 4.89. The van der Waals surface area contributed by atoms with E-state index in [-0.39, 0.29) is 0 Å². The van der Waals surface area contributed by atoms with Gasteiger partial charge in [0, 0.05) is 45.8 Å². The SMILES string of the molecule is CNCc1nc(N2CCN(C)CC2)cc2c1CNC2. The van der Waals surface area contributed by atoms with Crippen molar-refractivity contribution in [2.24, 2.45) is 0 Å². The standard InChI is InChI=1S/C14H23N5/c1-15-10-13-12-9-16-8-11(12)7-14(17-13)19-5-3-18(2)4-6-19/h7,15-16H,3-6,8-10H2,1-2H3. The Hall–Kier alpha value is -1.17. The molecule has 3 rings (SSSR count). The molecule has 2 aliphatic heterocycles. The lowest BCUT2D eigenvalue weighted by Crippen LogP contribution is -2.45. The van der Waals surface area contributed by atoms with E-state index in [0.717, 1.165) is 51.6 Å². The highest BCUT2D eigenvalue weighted by Crippen LogP contribution is 2.24. The van der Waals surface area contributed by atoms with E-state index in [1.807, 2.05) is 7.05 Å². The highest BCUT2D eigenvalue weighted by molar-refractivity contribution is 5.48. The lowest BCUT2D eigenvalue weighted by Gasteiger charge is -2.33. The number of hydrogen-bond donors (Lipinski definition) is 2. The van der Waals surface area contributed by atoms with Gasteiger partial charge in [0.15, 0.2) is 0 Å². The molecule has 0 atom stereocenters. The molecule has 1 saturated heterocycles. The lowest BCUT2D eigenvalue weighted by molar-refractivity contribution is 0.312. The van der Waals surface area contributed by atoms with Gasteiger partial charge in [0.2, 0.25) is 0 Å². The Bertz CT molecular complexity index is 451. The average molecular weight is 261 g/mol. The number of hydrogen-bond acceptors (Lipinski definition) is 5. The van der Waals surface area contributed by atoms with Crippen molar-refractivity contribution in [3.63, 3.8) is 0 Å². The molecule has 2 N–H and O–H groups in total. The van der Waals surface area contributed by atoms with Crippen molar-refractivity contribution in [1.29, 1.82) is 0 Å². The van der Waals surface area contributed by atoms with Gasteiger partial charge in [-0.15, -0.1) is 0 Å². The maximum atomic E-state index is 4.89. The van der Waals surface area contributed by atoms with Crippen molar-refractivity contribution < 1.29 is 0 Å². The number of likely N-dealkylation sites (N-methyl/N-ethyl adjacent to an activating group) is 1. The van der Waals surface area contributed by atoms with E-state index in [4.69, 9.17) is 4.98 Å². The summed E-state index contributed by atoms with van der Waals surface area (Å²) in [4.78, 5) is 9.68. The number of rotatable bonds is 3. The molecule has 0 spiro atoms. The molecule has 0 saturated carbocycles. The predicted octanol–water partition coefficient (Wildman–Crippen LogP) is 0.156. The van der Waals surface area contributed by atoms with Crippen LogP contribution in [-0.2, 0) is 19.6 Å². The highest BCUT2D eigenvalue weighted by Gasteiger charge is 2.21. The molecule has 0 amide bonds. The van der Waals surface area contributed by atoms with E-state index in [9.17, 15) is 0 Å². The molecule has 19 heavy (non-hydrogen) atoms. The Labute approximate surface area is 115 Å². The second kappa shape index (κ2) is 5.45. The predicted molar refractivity (Wildman–Crippen MR) is 77.3 cm³/mol. The molecule has 0 bridgehead atoms. The Morgan fingerprint density at radius 1 is 1.26 bits per heavy atom. The molecule has 1 aromatic rings. The summed E-state index contributed by atoms with van der Waals surface area (Å²) in [5.74, 6) is 1.15. The first-order valence-corrected chi connectivity index (χ1v) is 7.08. The molecule has 1 aromatic heterocycles. The van der Waals surface area contributed by atoms with Crippen LogP contribution in [0.4, 0.5) is 5.82 Å². The van der Waals surface area contributed by atoms with Gasteiger partial charge in [-0.2, -0.15) is 0 Å². The number of aromatic nitrogens is 1. The second-order valence-electron chi connectivity index (χ2n) is 5.49. The smallest absolute Gasteiger partial charge is 0.129 e.